The van der Waals surface area contributed by atoms with Gasteiger partial charge in [-0.05, 0) is 42.8 Å². The van der Waals surface area contributed by atoms with Gasteiger partial charge in [-0.3, -0.25) is 0 Å². The number of carboxylic acid groups (broad SMARTS) is 1. The Morgan fingerprint density at radius 3 is 2.45 bits per heavy atom. The van der Waals surface area contributed by atoms with Gasteiger partial charge in [-0.2, -0.15) is 4.31 Å². The Labute approximate surface area is 191 Å². The van der Waals surface area contributed by atoms with E-state index in [0.29, 0.717) is 34.0 Å². The Morgan fingerprint density at radius 1 is 1.03 bits per heavy atom. The molecule has 1 N–H and O–H groups in total. The van der Waals surface area contributed by atoms with Crippen LogP contribution in [-0.2, 0) is 10.0 Å². The van der Waals surface area contributed by atoms with E-state index in [9.17, 15) is 18.3 Å². The molecule has 0 aliphatic carbocycles. The number of aromatic carboxylic acids is 1. The Morgan fingerprint density at radius 2 is 1.76 bits per heavy atom. The summed E-state index contributed by atoms with van der Waals surface area (Å²) in [4.78, 5) is 13.7. The van der Waals surface area contributed by atoms with Crippen LogP contribution in [0.25, 0.3) is 21.9 Å². The number of sulfonamides is 1. The number of unbranched alkanes of at least 4 members (excludes halogenated alkanes) is 1. The molecule has 1 aliphatic heterocycles. The van der Waals surface area contributed by atoms with E-state index in [2.05, 4.69) is 11.8 Å². The molecule has 4 aromatic rings. The number of anilines is 2. The summed E-state index contributed by atoms with van der Waals surface area (Å²) in [5, 5.41) is 10.5. The minimum Gasteiger partial charge on any atom is -0.478 e. The minimum atomic E-state index is -3.77. The molecule has 5 rings (SSSR count). The first kappa shape index (κ1) is 21.5. The van der Waals surface area contributed by atoms with Crippen molar-refractivity contribution in [3.05, 3.63) is 66.2 Å². The Hall–Kier alpha value is -3.36. The standard InChI is InChI=1S/C25H24N2O5S/c1-3-4-10-24-26(2)33(30,31)23-14-19-18-13-16(25(28)29)11-12-21(18)32-22(19)15-20(23)27(24)17-8-6-5-7-9-17/h5-9,11-15,24H,3-4,10H2,1-2H3,(H,28,29)/t24-/m0/s1. The third-order valence-corrected chi connectivity index (χ3v) is 8.17. The number of para-hydroxylation sites is 1. The molecule has 0 saturated carbocycles. The zero-order valence-corrected chi connectivity index (χ0v) is 19.2. The molecule has 0 spiro atoms. The lowest BCUT2D eigenvalue weighted by molar-refractivity contribution is 0.0697. The third-order valence-electron chi connectivity index (χ3n) is 6.28. The highest BCUT2D eigenvalue weighted by Crippen LogP contribution is 2.45. The molecule has 1 aromatic heterocycles. The van der Waals surface area contributed by atoms with E-state index in [1.807, 2.05) is 30.3 Å². The van der Waals surface area contributed by atoms with Crippen LogP contribution in [0.5, 0.6) is 0 Å². The van der Waals surface area contributed by atoms with E-state index in [4.69, 9.17) is 4.42 Å². The highest BCUT2D eigenvalue weighted by Gasteiger charge is 2.41. The van der Waals surface area contributed by atoms with Gasteiger partial charge >= 0.3 is 5.97 Å². The average Bonchev–Trinajstić information content (AvgIpc) is 3.17. The summed E-state index contributed by atoms with van der Waals surface area (Å²) in [6.45, 7) is 2.08. The molecule has 0 radical (unpaired) electrons. The van der Waals surface area contributed by atoms with Crippen LogP contribution in [0.3, 0.4) is 0 Å². The quantitative estimate of drug-likeness (QED) is 0.415. The van der Waals surface area contributed by atoms with E-state index in [0.717, 1.165) is 18.5 Å². The number of rotatable bonds is 5. The molecular weight excluding hydrogens is 440 g/mol. The van der Waals surface area contributed by atoms with Crippen molar-refractivity contribution in [3.8, 4) is 0 Å². The summed E-state index contributed by atoms with van der Waals surface area (Å²) >= 11 is 0. The molecule has 0 amide bonds. The first-order chi connectivity index (χ1) is 15.8. The number of benzene rings is 3. The minimum absolute atomic E-state index is 0.119. The highest BCUT2D eigenvalue weighted by molar-refractivity contribution is 7.89. The SMILES string of the molecule is CCCC[C@@H]1N(c2ccccc2)c2cc3oc4ccc(C(=O)O)cc4c3cc2S(=O)(=O)N1C. The summed E-state index contributed by atoms with van der Waals surface area (Å²) in [7, 11) is -2.15. The summed E-state index contributed by atoms with van der Waals surface area (Å²) < 4.78 is 34.7. The summed E-state index contributed by atoms with van der Waals surface area (Å²) in [5.74, 6) is -1.05. The lowest BCUT2D eigenvalue weighted by atomic mass is 10.1. The van der Waals surface area contributed by atoms with Crippen LogP contribution in [-0.4, -0.2) is 37.0 Å². The van der Waals surface area contributed by atoms with Crippen molar-refractivity contribution < 1.29 is 22.7 Å². The van der Waals surface area contributed by atoms with Crippen LogP contribution >= 0.6 is 0 Å². The summed E-state index contributed by atoms with van der Waals surface area (Å²) in [6, 6.07) is 17.7. The smallest absolute Gasteiger partial charge is 0.335 e. The van der Waals surface area contributed by atoms with Crippen LogP contribution in [0.2, 0.25) is 0 Å². The predicted molar refractivity (Wildman–Crippen MR) is 128 cm³/mol. The molecule has 1 aliphatic rings. The van der Waals surface area contributed by atoms with E-state index in [-0.39, 0.29) is 16.6 Å². The zero-order valence-electron chi connectivity index (χ0n) is 18.4. The second kappa shape index (κ2) is 7.90. The van der Waals surface area contributed by atoms with Gasteiger partial charge in [-0.1, -0.05) is 38.0 Å². The number of carboxylic acids is 1. The van der Waals surface area contributed by atoms with Gasteiger partial charge in [0.15, 0.2) is 0 Å². The molecule has 7 nitrogen and oxygen atoms in total. The molecular formula is C25H24N2O5S. The van der Waals surface area contributed by atoms with Gasteiger partial charge in [0.25, 0.3) is 0 Å². The normalized spacial score (nSPS) is 18.0. The monoisotopic (exact) mass is 464 g/mol. The van der Waals surface area contributed by atoms with Gasteiger partial charge in [-0.15, -0.1) is 0 Å². The fraction of sp³-hybridized carbons (Fsp3) is 0.240. The van der Waals surface area contributed by atoms with Crippen molar-refractivity contribution in [2.24, 2.45) is 0 Å². The molecule has 8 heteroatoms. The van der Waals surface area contributed by atoms with Crippen LogP contribution in [0.4, 0.5) is 11.4 Å². The van der Waals surface area contributed by atoms with Gasteiger partial charge in [0.1, 0.15) is 22.2 Å². The maximum atomic E-state index is 13.6. The van der Waals surface area contributed by atoms with Crippen molar-refractivity contribution in [2.75, 3.05) is 11.9 Å². The van der Waals surface area contributed by atoms with Crippen LogP contribution in [0, 0.1) is 0 Å². The third kappa shape index (κ3) is 3.37. The Kier molecular flexibility index (Phi) is 5.14. The van der Waals surface area contributed by atoms with Crippen LogP contribution < -0.4 is 4.90 Å². The number of fused-ring (bicyclic) bond motifs is 4. The molecule has 0 bridgehead atoms. The van der Waals surface area contributed by atoms with Crippen molar-refractivity contribution in [1.29, 1.82) is 0 Å². The molecule has 0 fully saturated rings. The molecule has 33 heavy (non-hydrogen) atoms. The van der Waals surface area contributed by atoms with Crippen molar-refractivity contribution in [2.45, 2.75) is 37.2 Å². The maximum Gasteiger partial charge on any atom is 0.335 e. The predicted octanol–water partition coefficient (Wildman–Crippen LogP) is 5.57. The number of nitrogens with zero attached hydrogens (tertiary/aromatic N) is 2. The molecule has 0 saturated heterocycles. The van der Waals surface area contributed by atoms with E-state index >= 15 is 0 Å². The highest BCUT2D eigenvalue weighted by atomic mass is 32.2. The average molecular weight is 465 g/mol. The topological polar surface area (TPSA) is 91.1 Å². The molecule has 170 valence electrons. The van der Waals surface area contributed by atoms with Crippen molar-refractivity contribution >= 4 is 49.3 Å². The summed E-state index contributed by atoms with van der Waals surface area (Å²) in [5.41, 5.74) is 2.60. The van der Waals surface area contributed by atoms with E-state index in [1.165, 1.54) is 16.4 Å². The number of hydrogen-bond donors (Lipinski definition) is 1. The van der Waals surface area contributed by atoms with Crippen molar-refractivity contribution in [3.63, 3.8) is 0 Å². The van der Waals surface area contributed by atoms with Gasteiger partial charge in [0.2, 0.25) is 10.0 Å². The second-order valence-electron chi connectivity index (χ2n) is 8.28. The van der Waals surface area contributed by atoms with Gasteiger partial charge in [-0.25, -0.2) is 13.2 Å². The maximum absolute atomic E-state index is 13.6. The molecule has 0 unspecified atom stereocenters. The second-order valence-corrected chi connectivity index (χ2v) is 10.2. The van der Waals surface area contributed by atoms with Gasteiger partial charge in [0.05, 0.1) is 11.3 Å². The first-order valence-corrected chi connectivity index (χ1v) is 12.3. The van der Waals surface area contributed by atoms with Crippen LogP contribution in [0.15, 0.2) is 70.0 Å². The molecule has 2 heterocycles. The first-order valence-electron chi connectivity index (χ1n) is 10.9. The van der Waals surface area contributed by atoms with Crippen molar-refractivity contribution in [1.82, 2.24) is 4.31 Å². The van der Waals surface area contributed by atoms with E-state index in [1.54, 1.807) is 25.2 Å². The van der Waals surface area contributed by atoms with E-state index < -0.39 is 16.0 Å². The number of hydrogen-bond acceptors (Lipinski definition) is 5. The lowest BCUT2D eigenvalue weighted by Gasteiger charge is -2.43. The van der Waals surface area contributed by atoms with Gasteiger partial charge in [0, 0.05) is 29.6 Å². The molecule has 1 atom stereocenters. The number of carbonyl (C=O) groups is 1. The Balaban J connectivity index is 1.81. The molecule has 3 aromatic carbocycles. The summed E-state index contributed by atoms with van der Waals surface area (Å²) in [6.07, 6.45) is 2.15. The lowest BCUT2D eigenvalue weighted by Crippen LogP contribution is -2.51. The zero-order chi connectivity index (χ0) is 23.3. The van der Waals surface area contributed by atoms with Crippen LogP contribution in [0.1, 0.15) is 36.5 Å². The fourth-order valence-corrected chi connectivity index (χ4v) is 6.07. The van der Waals surface area contributed by atoms with Gasteiger partial charge < -0.3 is 14.4 Å². The Bertz CT molecular complexity index is 1480. The fourth-order valence-electron chi connectivity index (χ4n) is 4.56. The largest absolute Gasteiger partial charge is 0.478 e. The number of furan rings is 1.